The van der Waals surface area contributed by atoms with Crippen molar-refractivity contribution in [2.45, 2.75) is 18.8 Å². The van der Waals surface area contributed by atoms with Gasteiger partial charge >= 0.3 is 0 Å². The Morgan fingerprint density at radius 2 is 1.53 bits per heavy atom. The van der Waals surface area contributed by atoms with Crippen LogP contribution in [0.25, 0.3) is 21.9 Å². The molecule has 3 aromatic rings. The molecule has 1 aliphatic carbocycles. The fourth-order valence-corrected chi connectivity index (χ4v) is 2.85. The molecule has 0 nitrogen and oxygen atoms in total. The maximum Gasteiger partial charge on any atom is -0.0105 e. The predicted octanol–water partition coefficient (Wildman–Crippen LogP) is 5.38. The Kier molecular flexibility index (Phi) is 2.41. The van der Waals surface area contributed by atoms with Gasteiger partial charge in [0, 0.05) is 0 Å². The summed E-state index contributed by atoms with van der Waals surface area (Å²) in [6, 6.07) is 24.3. The van der Waals surface area contributed by atoms with Crippen molar-refractivity contribution in [1.82, 2.24) is 0 Å². The predicted molar refractivity (Wildman–Crippen MR) is 81.4 cm³/mol. The number of fused-ring (bicyclic) bond motifs is 1. The van der Waals surface area contributed by atoms with Gasteiger partial charge in [-0.25, -0.2) is 0 Å². The minimum absolute atomic E-state index is 0.815. The quantitative estimate of drug-likeness (QED) is 0.567. The van der Waals surface area contributed by atoms with Crippen LogP contribution in [0.5, 0.6) is 0 Å². The summed E-state index contributed by atoms with van der Waals surface area (Å²) in [5.41, 5.74) is 4.20. The van der Waals surface area contributed by atoms with Gasteiger partial charge in [0.1, 0.15) is 0 Å². The zero-order valence-electron chi connectivity index (χ0n) is 10.8. The zero-order chi connectivity index (χ0) is 12.7. The molecule has 0 spiro atoms. The van der Waals surface area contributed by atoms with Crippen LogP contribution in [-0.2, 0) is 0 Å². The SMILES string of the molecule is c1cc(-c2cccc3ccccc23)cc(C2CC2)c1. The molecule has 0 saturated heterocycles. The molecule has 0 radical (unpaired) electrons. The molecule has 0 aliphatic heterocycles. The van der Waals surface area contributed by atoms with Gasteiger partial charge in [0.2, 0.25) is 0 Å². The first-order valence-electron chi connectivity index (χ1n) is 7.00. The Hall–Kier alpha value is -2.08. The molecule has 4 rings (SSSR count). The highest BCUT2D eigenvalue weighted by Crippen LogP contribution is 2.41. The Morgan fingerprint density at radius 3 is 2.42 bits per heavy atom. The molecule has 0 heterocycles. The lowest BCUT2D eigenvalue weighted by Gasteiger charge is -2.08. The number of benzene rings is 3. The Balaban J connectivity index is 1.91. The van der Waals surface area contributed by atoms with Gasteiger partial charge < -0.3 is 0 Å². The molecule has 0 amide bonds. The fourth-order valence-electron chi connectivity index (χ4n) is 2.85. The van der Waals surface area contributed by atoms with Crippen LogP contribution in [0.3, 0.4) is 0 Å². The smallest absolute Gasteiger partial charge is 0.0105 e. The standard InChI is InChI=1S/C19H16/c1-2-9-18-15(5-1)6-4-10-19(18)17-8-3-7-16(13-17)14-11-12-14/h1-10,13-14H,11-12H2. The summed E-state index contributed by atoms with van der Waals surface area (Å²) >= 11 is 0. The van der Waals surface area contributed by atoms with E-state index in [9.17, 15) is 0 Å². The van der Waals surface area contributed by atoms with Crippen molar-refractivity contribution in [3.05, 3.63) is 72.3 Å². The van der Waals surface area contributed by atoms with Crippen LogP contribution in [0.1, 0.15) is 24.3 Å². The highest BCUT2D eigenvalue weighted by molar-refractivity contribution is 5.96. The van der Waals surface area contributed by atoms with Gasteiger partial charge in [-0.1, -0.05) is 66.7 Å². The molecular formula is C19H16. The van der Waals surface area contributed by atoms with Gasteiger partial charge in [-0.3, -0.25) is 0 Å². The topological polar surface area (TPSA) is 0 Å². The van der Waals surface area contributed by atoms with Crippen LogP contribution in [0.4, 0.5) is 0 Å². The molecule has 0 heteroatoms. The van der Waals surface area contributed by atoms with Crippen molar-refractivity contribution < 1.29 is 0 Å². The second-order valence-electron chi connectivity index (χ2n) is 5.43. The molecule has 0 atom stereocenters. The molecule has 0 unspecified atom stereocenters. The summed E-state index contributed by atoms with van der Waals surface area (Å²) in [7, 11) is 0. The third-order valence-electron chi connectivity index (χ3n) is 4.04. The van der Waals surface area contributed by atoms with Gasteiger partial charge in [0.15, 0.2) is 0 Å². The van der Waals surface area contributed by atoms with Crippen molar-refractivity contribution in [3.63, 3.8) is 0 Å². The molecule has 92 valence electrons. The molecule has 3 aromatic carbocycles. The number of hydrogen-bond donors (Lipinski definition) is 0. The van der Waals surface area contributed by atoms with E-state index in [-0.39, 0.29) is 0 Å². The Labute approximate surface area is 113 Å². The lowest BCUT2D eigenvalue weighted by Crippen LogP contribution is -1.84. The molecule has 0 N–H and O–H groups in total. The molecule has 0 aromatic heterocycles. The maximum atomic E-state index is 2.37. The summed E-state index contributed by atoms with van der Waals surface area (Å²) in [5, 5.41) is 2.66. The van der Waals surface area contributed by atoms with Gasteiger partial charge in [-0.15, -0.1) is 0 Å². The van der Waals surface area contributed by atoms with E-state index in [0.717, 1.165) is 5.92 Å². The zero-order valence-corrected chi connectivity index (χ0v) is 10.8. The van der Waals surface area contributed by atoms with Crippen LogP contribution >= 0.6 is 0 Å². The van der Waals surface area contributed by atoms with Crippen LogP contribution < -0.4 is 0 Å². The van der Waals surface area contributed by atoms with E-state index in [0.29, 0.717) is 0 Å². The third-order valence-corrected chi connectivity index (χ3v) is 4.04. The van der Waals surface area contributed by atoms with Gasteiger partial charge in [0.25, 0.3) is 0 Å². The fraction of sp³-hybridized carbons (Fsp3) is 0.158. The second kappa shape index (κ2) is 4.24. The minimum atomic E-state index is 0.815. The van der Waals surface area contributed by atoms with E-state index in [1.807, 2.05) is 0 Å². The van der Waals surface area contributed by atoms with Crippen LogP contribution in [0, 0.1) is 0 Å². The Bertz CT molecular complexity index is 730. The van der Waals surface area contributed by atoms with Crippen LogP contribution in [0.2, 0.25) is 0 Å². The van der Waals surface area contributed by atoms with E-state index in [1.165, 1.54) is 40.3 Å². The van der Waals surface area contributed by atoms with E-state index in [1.54, 1.807) is 0 Å². The molecule has 1 saturated carbocycles. The van der Waals surface area contributed by atoms with Gasteiger partial charge in [-0.2, -0.15) is 0 Å². The highest BCUT2D eigenvalue weighted by Gasteiger charge is 2.23. The summed E-state index contributed by atoms with van der Waals surface area (Å²) in [6.45, 7) is 0. The normalized spacial score (nSPS) is 14.7. The van der Waals surface area contributed by atoms with E-state index in [2.05, 4.69) is 66.7 Å². The van der Waals surface area contributed by atoms with Crippen molar-refractivity contribution in [3.8, 4) is 11.1 Å². The van der Waals surface area contributed by atoms with Gasteiger partial charge in [-0.05, 0) is 46.2 Å². The van der Waals surface area contributed by atoms with Crippen molar-refractivity contribution in [2.24, 2.45) is 0 Å². The number of hydrogen-bond acceptors (Lipinski definition) is 0. The monoisotopic (exact) mass is 244 g/mol. The first-order valence-corrected chi connectivity index (χ1v) is 7.00. The lowest BCUT2D eigenvalue weighted by molar-refractivity contribution is 1.13. The highest BCUT2D eigenvalue weighted by atomic mass is 14.3. The second-order valence-corrected chi connectivity index (χ2v) is 5.43. The minimum Gasteiger partial charge on any atom is -0.0616 e. The first kappa shape index (κ1) is 10.8. The summed E-state index contributed by atoms with van der Waals surface area (Å²) in [6.07, 6.45) is 2.72. The summed E-state index contributed by atoms with van der Waals surface area (Å²) in [5.74, 6) is 0.815. The van der Waals surface area contributed by atoms with E-state index in [4.69, 9.17) is 0 Å². The number of rotatable bonds is 2. The van der Waals surface area contributed by atoms with Crippen molar-refractivity contribution in [2.75, 3.05) is 0 Å². The van der Waals surface area contributed by atoms with E-state index < -0.39 is 0 Å². The molecular weight excluding hydrogens is 228 g/mol. The van der Waals surface area contributed by atoms with E-state index >= 15 is 0 Å². The molecule has 1 aliphatic rings. The third kappa shape index (κ3) is 1.94. The first-order chi connectivity index (χ1) is 9.42. The molecule has 1 fully saturated rings. The molecule has 19 heavy (non-hydrogen) atoms. The van der Waals surface area contributed by atoms with Crippen LogP contribution in [0.15, 0.2) is 66.7 Å². The van der Waals surface area contributed by atoms with Crippen LogP contribution in [-0.4, -0.2) is 0 Å². The Morgan fingerprint density at radius 1 is 0.737 bits per heavy atom. The summed E-state index contributed by atoms with van der Waals surface area (Å²) in [4.78, 5) is 0. The molecule has 0 bridgehead atoms. The maximum absolute atomic E-state index is 2.37. The largest absolute Gasteiger partial charge is 0.0616 e. The van der Waals surface area contributed by atoms with Gasteiger partial charge in [0.05, 0.1) is 0 Å². The summed E-state index contributed by atoms with van der Waals surface area (Å²) < 4.78 is 0. The van der Waals surface area contributed by atoms with Crippen molar-refractivity contribution >= 4 is 10.8 Å². The average Bonchev–Trinajstić information content (AvgIpc) is 3.31. The van der Waals surface area contributed by atoms with Crippen molar-refractivity contribution in [1.29, 1.82) is 0 Å². The average molecular weight is 244 g/mol. The lowest BCUT2D eigenvalue weighted by atomic mass is 9.96.